The number of nitro groups is 1. The maximum Gasteiger partial charge on any atom is 0.416 e. The van der Waals surface area contributed by atoms with Crippen LogP contribution in [0, 0.1) is 24.0 Å². The molecular weight excluding hydrogens is 768 g/mol. The minimum atomic E-state index is -4.52. The van der Waals surface area contributed by atoms with E-state index >= 15 is 0 Å². The molecule has 4 aromatic rings. The highest BCUT2D eigenvalue weighted by atomic mass is 32.2. The third-order valence-electron chi connectivity index (χ3n) is 9.74. The predicted octanol–water partition coefficient (Wildman–Crippen LogP) is 8.03. The maximum absolute atomic E-state index is 13.2. The van der Waals surface area contributed by atoms with Crippen LogP contribution in [0.4, 0.5) is 24.5 Å². The van der Waals surface area contributed by atoms with Crippen LogP contribution in [0.15, 0.2) is 97.0 Å². The summed E-state index contributed by atoms with van der Waals surface area (Å²) in [5, 5.41) is 25.4. The minimum Gasteiger partial charge on any atom is -0.466 e. The lowest BCUT2D eigenvalue weighted by Crippen LogP contribution is -2.36. The van der Waals surface area contributed by atoms with E-state index in [1.807, 2.05) is 37.3 Å². The van der Waals surface area contributed by atoms with E-state index in [1.165, 1.54) is 24.3 Å². The van der Waals surface area contributed by atoms with Crippen LogP contribution in [0.25, 0.3) is 0 Å². The van der Waals surface area contributed by atoms with Gasteiger partial charge >= 0.3 is 22.4 Å². The van der Waals surface area contributed by atoms with Gasteiger partial charge in [0.15, 0.2) is 0 Å². The number of aliphatic hydroxyl groups excluding tert-OH is 1. The molecule has 304 valence electrons. The van der Waals surface area contributed by atoms with Gasteiger partial charge in [-0.1, -0.05) is 66.7 Å². The number of ether oxygens (including phenoxy) is 2. The molecule has 0 aliphatic carbocycles. The second-order valence-corrected chi connectivity index (χ2v) is 15.1. The summed E-state index contributed by atoms with van der Waals surface area (Å²) in [7, 11) is -4.25. The molecule has 0 fully saturated rings. The van der Waals surface area contributed by atoms with Gasteiger partial charge in [-0.25, -0.2) is 0 Å². The molecule has 0 radical (unpaired) electrons. The van der Waals surface area contributed by atoms with Gasteiger partial charge in [0.05, 0.1) is 23.5 Å². The molecule has 0 saturated heterocycles. The molecule has 0 spiro atoms. The quantitative estimate of drug-likeness (QED) is 0.0608. The smallest absolute Gasteiger partial charge is 0.416 e. The maximum atomic E-state index is 13.2. The van der Waals surface area contributed by atoms with Gasteiger partial charge in [0.2, 0.25) is 0 Å². The molecule has 5 rings (SSSR count). The Balaban J connectivity index is 1.42. The average molecular weight is 812 g/mol. The number of nitrogens with zero attached hydrogens (tertiary/aromatic N) is 2. The van der Waals surface area contributed by atoms with Crippen molar-refractivity contribution in [2.75, 3.05) is 31.6 Å². The molecule has 2 unspecified atom stereocenters. The predicted molar refractivity (Wildman–Crippen MR) is 206 cm³/mol. The van der Waals surface area contributed by atoms with Gasteiger partial charge in [-0.2, -0.15) is 25.9 Å². The van der Waals surface area contributed by atoms with Crippen LogP contribution >= 0.6 is 0 Å². The third kappa shape index (κ3) is 10.9. The van der Waals surface area contributed by atoms with E-state index in [1.54, 1.807) is 38.1 Å². The van der Waals surface area contributed by atoms with Crippen LogP contribution in [-0.4, -0.2) is 55.0 Å². The van der Waals surface area contributed by atoms with Gasteiger partial charge in [-0.15, -0.1) is 0 Å². The number of hydrogen-bond acceptors (Lipinski definition) is 10. The van der Waals surface area contributed by atoms with Crippen molar-refractivity contribution in [1.82, 2.24) is 4.31 Å². The van der Waals surface area contributed by atoms with E-state index < -0.39 is 44.8 Å². The van der Waals surface area contributed by atoms with Crippen LogP contribution in [0.5, 0.6) is 0 Å². The molecule has 1 heterocycles. The molecule has 57 heavy (non-hydrogen) atoms. The first-order chi connectivity index (χ1) is 27.1. The molecule has 0 aromatic heterocycles. The SMILES string of the molecule is CCOC(=O)CC(c1ccc(C)c(CN2CC=C(OCc3ccccc3)OS2(=O)=O)c1)c1ccc(NCC(CCO)c2ccc(C(F)(F)F)cc2)c([N+](=O)[O-])c1C. The van der Waals surface area contributed by atoms with Crippen molar-refractivity contribution in [3.05, 3.63) is 152 Å². The molecule has 12 nitrogen and oxygen atoms in total. The van der Waals surface area contributed by atoms with E-state index in [9.17, 15) is 41.6 Å². The number of aryl methyl sites for hydroxylation is 1. The monoisotopic (exact) mass is 811 g/mol. The molecule has 0 saturated carbocycles. The first-order valence-electron chi connectivity index (χ1n) is 18.2. The highest BCUT2D eigenvalue weighted by molar-refractivity contribution is 7.84. The number of alkyl halides is 3. The topological polar surface area (TPSA) is 158 Å². The minimum absolute atomic E-state index is 0.0276. The Hall–Kier alpha value is -5.45. The fourth-order valence-corrected chi connectivity index (χ4v) is 7.65. The zero-order chi connectivity index (χ0) is 41.3. The van der Waals surface area contributed by atoms with Gasteiger partial charge in [0.25, 0.3) is 11.6 Å². The van der Waals surface area contributed by atoms with Gasteiger partial charge in [-0.3, -0.25) is 14.9 Å². The normalized spacial score (nSPS) is 15.2. The molecule has 2 atom stereocenters. The van der Waals surface area contributed by atoms with Gasteiger partial charge in [0.1, 0.15) is 12.3 Å². The van der Waals surface area contributed by atoms with E-state index in [0.29, 0.717) is 22.3 Å². The average Bonchev–Trinajstić information content (AvgIpc) is 3.16. The van der Waals surface area contributed by atoms with Gasteiger partial charge in [0, 0.05) is 49.7 Å². The summed E-state index contributed by atoms with van der Waals surface area (Å²) < 4.78 is 83.2. The number of anilines is 1. The van der Waals surface area contributed by atoms with Crippen LogP contribution in [0.3, 0.4) is 0 Å². The number of hydrogen-bond donors (Lipinski definition) is 2. The summed E-state index contributed by atoms with van der Waals surface area (Å²) in [6.45, 7) is 4.96. The number of carbonyl (C=O) groups is 1. The fraction of sp³-hybridized carbons (Fsp3) is 0.341. The largest absolute Gasteiger partial charge is 0.466 e. The lowest BCUT2D eigenvalue weighted by Gasteiger charge is -2.27. The van der Waals surface area contributed by atoms with Gasteiger partial charge in [-0.05, 0) is 78.8 Å². The van der Waals surface area contributed by atoms with Crippen molar-refractivity contribution in [2.45, 2.75) is 64.8 Å². The molecule has 1 aliphatic rings. The van der Waals surface area contributed by atoms with Crippen molar-refractivity contribution in [3.8, 4) is 0 Å². The molecule has 4 aromatic carbocycles. The second kappa shape index (κ2) is 18.7. The van der Waals surface area contributed by atoms with Crippen molar-refractivity contribution >= 4 is 27.6 Å². The Morgan fingerprint density at radius 3 is 2.37 bits per heavy atom. The number of rotatable bonds is 17. The summed E-state index contributed by atoms with van der Waals surface area (Å²) in [5.41, 5.74) is 3.09. The standard InChI is InChI=1S/C41H44F3N3O9S/c1-4-54-38(49)23-36(31-11-10-27(2)33(22-31)25-46-20-18-39(56-57(46,52)53)55-26-29-8-6-5-7-9-29)35-16-17-37(40(28(35)3)47(50)51)45-24-32(19-21-48)30-12-14-34(15-13-30)41(42,43)44/h5-18,22,32,36,45,48H,4,19-21,23-26H2,1-3H3. The highest BCUT2D eigenvalue weighted by Gasteiger charge is 2.33. The van der Waals surface area contributed by atoms with E-state index in [-0.39, 0.29) is 75.2 Å². The number of benzene rings is 4. The van der Waals surface area contributed by atoms with Crippen molar-refractivity contribution < 1.29 is 50.1 Å². The zero-order valence-electron chi connectivity index (χ0n) is 31.6. The number of nitrogens with one attached hydrogen (secondary N) is 1. The number of aliphatic hydroxyl groups is 1. The lowest BCUT2D eigenvalue weighted by molar-refractivity contribution is -0.384. The third-order valence-corrected chi connectivity index (χ3v) is 11.0. The van der Waals surface area contributed by atoms with Gasteiger partial charge < -0.3 is 24.1 Å². The van der Waals surface area contributed by atoms with E-state index in [2.05, 4.69) is 5.32 Å². The van der Waals surface area contributed by atoms with Crippen LogP contribution < -0.4 is 5.32 Å². The highest BCUT2D eigenvalue weighted by Crippen LogP contribution is 2.40. The Bertz CT molecular complexity index is 2180. The molecule has 0 bridgehead atoms. The fourth-order valence-electron chi connectivity index (χ4n) is 6.67. The summed E-state index contributed by atoms with van der Waals surface area (Å²) >= 11 is 0. The zero-order valence-corrected chi connectivity index (χ0v) is 32.4. The molecule has 2 N–H and O–H groups in total. The molecular formula is C41H44F3N3O9S. The Morgan fingerprint density at radius 2 is 1.74 bits per heavy atom. The summed E-state index contributed by atoms with van der Waals surface area (Å²) in [6.07, 6.45) is -2.98. The first kappa shape index (κ1) is 42.7. The number of carbonyl (C=O) groups excluding carboxylic acids is 1. The van der Waals surface area contributed by atoms with E-state index in [4.69, 9.17) is 13.7 Å². The first-order valence-corrected chi connectivity index (χ1v) is 19.6. The summed E-state index contributed by atoms with van der Waals surface area (Å²) in [5.74, 6) is -1.89. The molecule has 16 heteroatoms. The second-order valence-electron chi connectivity index (χ2n) is 13.5. The van der Waals surface area contributed by atoms with Crippen LogP contribution in [0.1, 0.15) is 76.1 Å². The molecule has 0 amide bonds. The Labute approximate surface area is 329 Å². The van der Waals surface area contributed by atoms with Crippen molar-refractivity contribution in [1.29, 1.82) is 0 Å². The lowest BCUT2D eigenvalue weighted by atomic mass is 9.84. The Morgan fingerprint density at radius 1 is 1.04 bits per heavy atom. The van der Waals surface area contributed by atoms with Crippen molar-refractivity contribution in [3.63, 3.8) is 0 Å². The molecule has 1 aliphatic heterocycles. The summed E-state index contributed by atoms with van der Waals surface area (Å²) in [4.78, 5) is 25.1. The number of esters is 1. The Kier molecular flexibility index (Phi) is 14.0. The van der Waals surface area contributed by atoms with E-state index in [0.717, 1.165) is 27.6 Å². The number of halogens is 3. The summed E-state index contributed by atoms with van der Waals surface area (Å²) in [6, 6.07) is 22.3. The van der Waals surface area contributed by atoms with Crippen LogP contribution in [-0.2, 0) is 48.1 Å². The number of nitro benzene ring substituents is 1. The van der Waals surface area contributed by atoms with Crippen molar-refractivity contribution in [2.24, 2.45) is 0 Å². The van der Waals surface area contributed by atoms with Crippen LogP contribution in [0.2, 0.25) is 0 Å².